The van der Waals surface area contributed by atoms with E-state index in [4.69, 9.17) is 5.26 Å². The van der Waals surface area contributed by atoms with Gasteiger partial charge in [0.1, 0.15) is 6.04 Å². The number of hydrogen-bond donors (Lipinski definition) is 0. The highest BCUT2D eigenvalue weighted by Crippen LogP contribution is 2.21. The summed E-state index contributed by atoms with van der Waals surface area (Å²) < 4.78 is 0. The quantitative estimate of drug-likeness (QED) is 0.754. The van der Waals surface area contributed by atoms with Crippen molar-refractivity contribution in [3.63, 3.8) is 0 Å². The Balaban J connectivity index is 3.01. The van der Waals surface area contributed by atoms with Gasteiger partial charge in [-0.05, 0) is 25.3 Å². The van der Waals surface area contributed by atoms with E-state index in [0.717, 1.165) is 4.90 Å². The van der Waals surface area contributed by atoms with Gasteiger partial charge in [-0.15, -0.1) is 11.8 Å². The molecule has 84 valence electrons. The van der Waals surface area contributed by atoms with Gasteiger partial charge in [0, 0.05) is 11.9 Å². The standard InChI is InChI=1S/C12H14N2OS/c1-9(8-13)14(2)12(15)10-6-4-5-7-11(10)16-3/h4-7,9H,1-3H3. The Kier molecular flexibility index (Phi) is 4.39. The first-order chi connectivity index (χ1) is 7.61. The fraction of sp³-hybridized carbons (Fsp3) is 0.333. The van der Waals surface area contributed by atoms with Crippen LogP contribution in [0.2, 0.25) is 0 Å². The second-order valence-corrected chi connectivity index (χ2v) is 4.27. The molecule has 1 rings (SSSR count). The Hall–Kier alpha value is -1.47. The van der Waals surface area contributed by atoms with Crippen molar-refractivity contribution < 1.29 is 4.79 Å². The van der Waals surface area contributed by atoms with Gasteiger partial charge in [-0.25, -0.2) is 0 Å². The van der Waals surface area contributed by atoms with Gasteiger partial charge < -0.3 is 4.90 Å². The third-order valence-electron chi connectivity index (χ3n) is 2.43. The third kappa shape index (κ3) is 2.56. The van der Waals surface area contributed by atoms with E-state index in [1.54, 1.807) is 20.0 Å². The van der Waals surface area contributed by atoms with Gasteiger partial charge in [-0.3, -0.25) is 4.79 Å². The van der Waals surface area contributed by atoms with Crippen molar-refractivity contribution in [3.8, 4) is 6.07 Å². The Morgan fingerprint density at radius 2 is 2.12 bits per heavy atom. The number of rotatable bonds is 3. The summed E-state index contributed by atoms with van der Waals surface area (Å²) in [5.74, 6) is -0.112. The average Bonchev–Trinajstić information content (AvgIpc) is 2.35. The second-order valence-electron chi connectivity index (χ2n) is 3.42. The summed E-state index contributed by atoms with van der Waals surface area (Å²) in [4.78, 5) is 14.5. The zero-order chi connectivity index (χ0) is 12.1. The molecule has 3 nitrogen and oxygen atoms in total. The van der Waals surface area contributed by atoms with E-state index < -0.39 is 6.04 Å². The molecule has 1 unspecified atom stereocenters. The van der Waals surface area contributed by atoms with Crippen LogP contribution < -0.4 is 0 Å². The van der Waals surface area contributed by atoms with Gasteiger partial charge >= 0.3 is 0 Å². The second kappa shape index (κ2) is 5.57. The molecule has 16 heavy (non-hydrogen) atoms. The molecule has 1 aromatic rings. The number of thioether (sulfide) groups is 1. The first-order valence-electron chi connectivity index (χ1n) is 4.91. The van der Waals surface area contributed by atoms with Crippen LogP contribution in [0.25, 0.3) is 0 Å². The largest absolute Gasteiger partial charge is 0.326 e. The monoisotopic (exact) mass is 234 g/mol. The summed E-state index contributed by atoms with van der Waals surface area (Å²) in [5.41, 5.74) is 0.652. The first kappa shape index (κ1) is 12.6. The highest BCUT2D eigenvalue weighted by molar-refractivity contribution is 7.98. The van der Waals surface area contributed by atoms with Crippen LogP contribution in [-0.2, 0) is 0 Å². The van der Waals surface area contributed by atoms with E-state index in [1.165, 1.54) is 16.7 Å². The normalized spacial score (nSPS) is 11.6. The topological polar surface area (TPSA) is 44.1 Å². The minimum absolute atomic E-state index is 0.112. The predicted octanol–water partition coefficient (Wildman–Crippen LogP) is 2.39. The number of carbonyl (C=O) groups is 1. The summed E-state index contributed by atoms with van der Waals surface area (Å²) in [7, 11) is 1.65. The van der Waals surface area contributed by atoms with Crippen LogP contribution in [0.4, 0.5) is 0 Å². The molecule has 0 aliphatic rings. The van der Waals surface area contributed by atoms with Crippen LogP contribution in [0.1, 0.15) is 17.3 Å². The van der Waals surface area contributed by atoms with E-state index in [0.29, 0.717) is 5.56 Å². The lowest BCUT2D eigenvalue weighted by molar-refractivity contribution is 0.0769. The number of amides is 1. The third-order valence-corrected chi connectivity index (χ3v) is 3.22. The number of nitrogens with zero attached hydrogens (tertiary/aromatic N) is 2. The highest BCUT2D eigenvalue weighted by Gasteiger charge is 2.18. The molecule has 1 aromatic carbocycles. The number of nitriles is 1. The Bertz CT molecular complexity index is 425. The smallest absolute Gasteiger partial charge is 0.255 e. The molecule has 0 aliphatic heterocycles. The number of hydrogen-bond acceptors (Lipinski definition) is 3. The molecule has 0 fully saturated rings. The number of benzene rings is 1. The van der Waals surface area contributed by atoms with Crippen molar-refractivity contribution in [3.05, 3.63) is 29.8 Å². The van der Waals surface area contributed by atoms with Gasteiger partial charge in [0.15, 0.2) is 0 Å². The van der Waals surface area contributed by atoms with Gasteiger partial charge in [-0.1, -0.05) is 12.1 Å². The molecule has 0 aliphatic carbocycles. The maximum absolute atomic E-state index is 12.1. The lowest BCUT2D eigenvalue weighted by atomic mass is 10.2. The van der Waals surface area contributed by atoms with Crippen LogP contribution >= 0.6 is 11.8 Å². The predicted molar refractivity (Wildman–Crippen MR) is 65.4 cm³/mol. The lowest BCUT2D eigenvalue weighted by Gasteiger charge is -2.20. The zero-order valence-corrected chi connectivity index (χ0v) is 10.4. The van der Waals surface area contributed by atoms with Crippen molar-refractivity contribution in [2.24, 2.45) is 0 Å². The van der Waals surface area contributed by atoms with E-state index in [1.807, 2.05) is 24.5 Å². The molecule has 0 aromatic heterocycles. The van der Waals surface area contributed by atoms with Crippen LogP contribution in [-0.4, -0.2) is 30.2 Å². The molecule has 0 saturated heterocycles. The molecule has 0 radical (unpaired) electrons. The van der Waals surface area contributed by atoms with E-state index >= 15 is 0 Å². The summed E-state index contributed by atoms with van der Waals surface area (Å²) >= 11 is 1.53. The maximum Gasteiger partial charge on any atom is 0.255 e. The molecule has 1 amide bonds. The summed E-state index contributed by atoms with van der Waals surface area (Å²) in [6.07, 6.45) is 1.93. The fourth-order valence-electron chi connectivity index (χ4n) is 1.27. The minimum atomic E-state index is -0.414. The fourth-order valence-corrected chi connectivity index (χ4v) is 1.86. The Labute approximate surface area is 100 Å². The maximum atomic E-state index is 12.1. The van der Waals surface area contributed by atoms with Crippen LogP contribution in [0.5, 0.6) is 0 Å². The van der Waals surface area contributed by atoms with Crippen molar-refractivity contribution in [2.45, 2.75) is 17.9 Å². The van der Waals surface area contributed by atoms with E-state index in [9.17, 15) is 4.79 Å². The zero-order valence-electron chi connectivity index (χ0n) is 9.60. The molecule has 0 saturated carbocycles. The average molecular weight is 234 g/mol. The lowest BCUT2D eigenvalue weighted by Crippen LogP contribution is -2.34. The van der Waals surface area contributed by atoms with Crippen LogP contribution in [0, 0.1) is 11.3 Å². The summed E-state index contributed by atoms with van der Waals surface area (Å²) in [5, 5.41) is 8.78. The van der Waals surface area contributed by atoms with Gasteiger partial charge in [0.05, 0.1) is 11.6 Å². The van der Waals surface area contributed by atoms with E-state index in [2.05, 4.69) is 6.07 Å². The Morgan fingerprint density at radius 1 is 1.50 bits per heavy atom. The molecule has 0 bridgehead atoms. The Morgan fingerprint density at radius 3 is 2.69 bits per heavy atom. The van der Waals surface area contributed by atoms with Gasteiger partial charge in [-0.2, -0.15) is 5.26 Å². The molecule has 0 heterocycles. The minimum Gasteiger partial charge on any atom is -0.326 e. The van der Waals surface area contributed by atoms with Crippen molar-refractivity contribution in [1.82, 2.24) is 4.90 Å². The van der Waals surface area contributed by atoms with Crippen LogP contribution in [0.3, 0.4) is 0 Å². The number of carbonyl (C=O) groups excluding carboxylic acids is 1. The van der Waals surface area contributed by atoms with Gasteiger partial charge in [0.25, 0.3) is 5.91 Å². The van der Waals surface area contributed by atoms with Gasteiger partial charge in [0.2, 0.25) is 0 Å². The first-order valence-corrected chi connectivity index (χ1v) is 6.14. The molecule has 4 heteroatoms. The molecule has 0 N–H and O–H groups in total. The highest BCUT2D eigenvalue weighted by atomic mass is 32.2. The molecular formula is C12H14N2OS. The summed E-state index contributed by atoms with van der Waals surface area (Å²) in [6.45, 7) is 1.71. The summed E-state index contributed by atoms with van der Waals surface area (Å²) in [6, 6.07) is 9.06. The van der Waals surface area contributed by atoms with Crippen molar-refractivity contribution in [1.29, 1.82) is 5.26 Å². The SMILES string of the molecule is CSc1ccccc1C(=O)N(C)C(C)C#N. The van der Waals surface area contributed by atoms with Crippen LogP contribution in [0.15, 0.2) is 29.2 Å². The van der Waals surface area contributed by atoms with E-state index in [-0.39, 0.29) is 5.91 Å². The molecule has 1 atom stereocenters. The van der Waals surface area contributed by atoms with Crippen molar-refractivity contribution in [2.75, 3.05) is 13.3 Å². The molecular weight excluding hydrogens is 220 g/mol. The molecule has 0 spiro atoms. The van der Waals surface area contributed by atoms with Crippen molar-refractivity contribution >= 4 is 17.7 Å².